The molecule has 8 heteroatoms. The van der Waals surface area contributed by atoms with Gasteiger partial charge in [0.05, 0.1) is 25.6 Å². The van der Waals surface area contributed by atoms with Crippen molar-refractivity contribution in [3.8, 4) is 17.4 Å². The molecule has 8 nitrogen and oxygen atoms in total. The molecule has 0 bridgehead atoms. The van der Waals surface area contributed by atoms with Crippen LogP contribution in [0.25, 0.3) is 5.95 Å². The minimum atomic E-state index is 0.442. The molecule has 3 aromatic rings. The van der Waals surface area contributed by atoms with Gasteiger partial charge >= 0.3 is 0 Å². The number of nitrogens with zero attached hydrogens (tertiary/aromatic N) is 6. The predicted molar refractivity (Wildman–Crippen MR) is 103 cm³/mol. The van der Waals surface area contributed by atoms with Gasteiger partial charge in [0.15, 0.2) is 11.5 Å². The summed E-state index contributed by atoms with van der Waals surface area (Å²) in [7, 11) is 1.62. The maximum absolute atomic E-state index is 5.78. The van der Waals surface area contributed by atoms with Gasteiger partial charge in [0.1, 0.15) is 6.33 Å². The molecule has 0 radical (unpaired) electrons. The molecular weight excluding hydrogens is 344 g/mol. The van der Waals surface area contributed by atoms with Gasteiger partial charge in [-0.05, 0) is 49.6 Å². The van der Waals surface area contributed by atoms with Crippen LogP contribution in [-0.4, -0.2) is 44.6 Å². The molecule has 27 heavy (non-hydrogen) atoms. The molecule has 2 heterocycles. The van der Waals surface area contributed by atoms with Crippen LogP contribution in [0.1, 0.15) is 30.8 Å². The zero-order valence-corrected chi connectivity index (χ0v) is 16.2. The Bertz CT molecular complexity index is 942. The lowest BCUT2D eigenvalue weighted by atomic mass is 10.2. The molecule has 0 aliphatic rings. The van der Waals surface area contributed by atoms with Crippen molar-refractivity contribution < 1.29 is 9.47 Å². The summed E-state index contributed by atoms with van der Waals surface area (Å²) in [5, 5.41) is 16.9. The van der Waals surface area contributed by atoms with Crippen molar-refractivity contribution >= 4 is 6.21 Å². The summed E-state index contributed by atoms with van der Waals surface area (Å²) in [6, 6.07) is 7.67. The number of aromatic nitrogens is 5. The fourth-order valence-corrected chi connectivity index (χ4v) is 2.55. The first kappa shape index (κ1) is 18.6. The number of ether oxygens (including phenoxy) is 2. The number of aryl methyl sites for hydroxylation is 2. The second-order valence-corrected chi connectivity index (χ2v) is 6.67. The van der Waals surface area contributed by atoms with Crippen molar-refractivity contribution in [2.24, 2.45) is 11.0 Å². The van der Waals surface area contributed by atoms with Gasteiger partial charge in [0, 0.05) is 5.69 Å². The van der Waals surface area contributed by atoms with Crippen LogP contribution in [0, 0.1) is 19.8 Å². The second-order valence-electron chi connectivity index (χ2n) is 6.67. The maximum atomic E-state index is 5.78. The monoisotopic (exact) mass is 368 g/mol. The number of methoxy groups -OCH3 is 1. The van der Waals surface area contributed by atoms with Crippen molar-refractivity contribution in [1.29, 1.82) is 0 Å². The van der Waals surface area contributed by atoms with Gasteiger partial charge in [-0.3, -0.25) is 0 Å². The van der Waals surface area contributed by atoms with Crippen molar-refractivity contribution in [3.63, 3.8) is 0 Å². The fraction of sp³-hybridized carbons (Fsp3) is 0.368. The molecule has 1 aromatic carbocycles. The number of rotatable bonds is 7. The van der Waals surface area contributed by atoms with Crippen molar-refractivity contribution in [2.75, 3.05) is 13.7 Å². The highest BCUT2D eigenvalue weighted by Crippen LogP contribution is 2.28. The smallest absolute Gasteiger partial charge is 0.273 e. The van der Waals surface area contributed by atoms with Gasteiger partial charge in [-0.2, -0.15) is 14.9 Å². The third-order valence-corrected chi connectivity index (χ3v) is 3.80. The van der Waals surface area contributed by atoms with Crippen LogP contribution in [0.15, 0.2) is 35.7 Å². The molecule has 0 aliphatic carbocycles. The lowest BCUT2D eigenvalue weighted by Crippen LogP contribution is -2.07. The summed E-state index contributed by atoms with van der Waals surface area (Å²) in [4.78, 5) is 0. The Labute approximate surface area is 158 Å². The zero-order valence-electron chi connectivity index (χ0n) is 16.2. The van der Waals surface area contributed by atoms with E-state index in [0.717, 1.165) is 22.7 Å². The van der Waals surface area contributed by atoms with E-state index in [9.17, 15) is 0 Å². The van der Waals surface area contributed by atoms with E-state index in [2.05, 4.69) is 34.2 Å². The van der Waals surface area contributed by atoms with Gasteiger partial charge in [-0.1, -0.05) is 13.8 Å². The molecule has 2 aromatic heterocycles. The summed E-state index contributed by atoms with van der Waals surface area (Å²) in [6.07, 6.45) is 3.26. The molecule has 0 aliphatic heterocycles. The normalized spacial score (nSPS) is 11.5. The average molecular weight is 368 g/mol. The average Bonchev–Trinajstić information content (AvgIpc) is 3.23. The van der Waals surface area contributed by atoms with Gasteiger partial charge in [-0.15, -0.1) is 10.2 Å². The summed E-state index contributed by atoms with van der Waals surface area (Å²) >= 11 is 0. The SMILES string of the molecule is COc1cc(/C=N\n2cnnc2-n2nc(C)cc2C)ccc1OCC(C)C. The van der Waals surface area contributed by atoms with Crippen LogP contribution in [0.3, 0.4) is 0 Å². The quantitative estimate of drug-likeness (QED) is 0.599. The Hall–Kier alpha value is -3.16. The number of benzene rings is 1. The molecule has 142 valence electrons. The van der Waals surface area contributed by atoms with Gasteiger partial charge in [0.2, 0.25) is 0 Å². The predicted octanol–water partition coefficient (Wildman–Crippen LogP) is 3.01. The molecule has 0 fully saturated rings. The van der Waals surface area contributed by atoms with E-state index < -0.39 is 0 Å². The van der Waals surface area contributed by atoms with E-state index in [-0.39, 0.29) is 0 Å². The van der Waals surface area contributed by atoms with E-state index in [4.69, 9.17) is 9.47 Å². The van der Waals surface area contributed by atoms with Crippen LogP contribution >= 0.6 is 0 Å². The maximum Gasteiger partial charge on any atom is 0.273 e. The Morgan fingerprint density at radius 2 is 2.00 bits per heavy atom. The topological polar surface area (TPSA) is 79.4 Å². The largest absolute Gasteiger partial charge is 0.493 e. The Morgan fingerprint density at radius 3 is 2.67 bits per heavy atom. The summed E-state index contributed by atoms with van der Waals surface area (Å²) < 4.78 is 14.5. The molecule has 0 N–H and O–H groups in total. The van der Waals surface area contributed by atoms with Crippen molar-refractivity contribution in [1.82, 2.24) is 24.7 Å². The lowest BCUT2D eigenvalue weighted by molar-refractivity contribution is 0.257. The minimum absolute atomic E-state index is 0.442. The molecular formula is C19H24N6O2. The lowest BCUT2D eigenvalue weighted by Gasteiger charge is -2.12. The van der Waals surface area contributed by atoms with Crippen LogP contribution in [-0.2, 0) is 0 Å². The standard InChI is InChI=1S/C19H24N6O2/c1-13(2)11-27-17-7-6-16(9-18(17)26-5)10-21-24-12-20-22-19(24)25-15(4)8-14(3)23-25/h6-10,12-13H,11H2,1-5H3/b21-10-. The van der Waals surface area contributed by atoms with Crippen molar-refractivity contribution in [2.45, 2.75) is 27.7 Å². The first-order chi connectivity index (χ1) is 13.0. The molecule has 0 saturated heterocycles. The van der Waals surface area contributed by atoms with E-state index in [0.29, 0.717) is 24.2 Å². The Kier molecular flexibility index (Phi) is 5.54. The summed E-state index contributed by atoms with van der Waals surface area (Å²) in [5.74, 6) is 2.36. The third-order valence-electron chi connectivity index (χ3n) is 3.80. The molecule has 0 unspecified atom stereocenters. The highest BCUT2D eigenvalue weighted by Gasteiger charge is 2.11. The number of hydrogen-bond donors (Lipinski definition) is 0. The summed E-state index contributed by atoms with van der Waals surface area (Å²) in [5.41, 5.74) is 2.75. The van der Waals surface area contributed by atoms with Crippen LogP contribution in [0.2, 0.25) is 0 Å². The van der Waals surface area contributed by atoms with Crippen LogP contribution < -0.4 is 9.47 Å². The number of hydrogen-bond acceptors (Lipinski definition) is 6. The van der Waals surface area contributed by atoms with E-state index in [1.54, 1.807) is 29.0 Å². The van der Waals surface area contributed by atoms with Crippen LogP contribution in [0.4, 0.5) is 0 Å². The van der Waals surface area contributed by atoms with E-state index in [1.165, 1.54) is 0 Å². The summed E-state index contributed by atoms with van der Waals surface area (Å²) in [6.45, 7) is 8.74. The second kappa shape index (κ2) is 8.03. The van der Waals surface area contributed by atoms with Crippen molar-refractivity contribution in [3.05, 3.63) is 47.5 Å². The van der Waals surface area contributed by atoms with Crippen LogP contribution in [0.5, 0.6) is 11.5 Å². The highest BCUT2D eigenvalue weighted by molar-refractivity contribution is 5.80. The zero-order chi connectivity index (χ0) is 19.4. The Balaban J connectivity index is 1.83. The molecule has 0 amide bonds. The molecule has 3 rings (SSSR count). The van der Waals surface area contributed by atoms with Gasteiger partial charge in [-0.25, -0.2) is 4.68 Å². The minimum Gasteiger partial charge on any atom is -0.493 e. The van der Waals surface area contributed by atoms with Gasteiger partial charge in [0.25, 0.3) is 5.95 Å². The van der Waals surface area contributed by atoms with E-state index in [1.807, 2.05) is 38.1 Å². The molecule has 0 atom stereocenters. The molecule has 0 spiro atoms. The Morgan fingerprint density at radius 1 is 1.19 bits per heavy atom. The molecule has 0 saturated carbocycles. The fourth-order valence-electron chi connectivity index (χ4n) is 2.55. The first-order valence-electron chi connectivity index (χ1n) is 8.76. The van der Waals surface area contributed by atoms with Gasteiger partial charge < -0.3 is 9.47 Å². The van der Waals surface area contributed by atoms with E-state index >= 15 is 0 Å². The third kappa shape index (κ3) is 4.33. The highest BCUT2D eigenvalue weighted by atomic mass is 16.5. The first-order valence-corrected chi connectivity index (χ1v) is 8.76.